The molecule has 5 rings (SSSR count). The van der Waals surface area contributed by atoms with Crippen molar-refractivity contribution in [2.24, 2.45) is 10.9 Å². The third kappa shape index (κ3) is 4.51. The highest BCUT2D eigenvalue weighted by atomic mass is 16.2. The number of nitrogens with zero attached hydrogens (tertiary/aromatic N) is 5. The van der Waals surface area contributed by atoms with Crippen LogP contribution < -0.4 is 20.9 Å². The van der Waals surface area contributed by atoms with Gasteiger partial charge >= 0.3 is 6.03 Å². The third-order valence-electron chi connectivity index (χ3n) is 6.92. The van der Waals surface area contributed by atoms with Gasteiger partial charge in [-0.1, -0.05) is 48.6 Å². The van der Waals surface area contributed by atoms with Crippen LogP contribution in [0.4, 0.5) is 27.8 Å². The van der Waals surface area contributed by atoms with E-state index in [1.165, 1.54) is 0 Å². The van der Waals surface area contributed by atoms with Crippen molar-refractivity contribution in [1.29, 1.82) is 0 Å². The summed E-state index contributed by atoms with van der Waals surface area (Å²) in [5.74, 6) is -0.0305. The van der Waals surface area contributed by atoms with E-state index in [-0.39, 0.29) is 11.8 Å². The van der Waals surface area contributed by atoms with Crippen LogP contribution in [0.25, 0.3) is 0 Å². The number of hydrogen-bond donors (Lipinski definition) is 4. The molecule has 0 spiro atoms. The Labute approximate surface area is 208 Å². The molecule has 11 nitrogen and oxygen atoms in total. The van der Waals surface area contributed by atoms with Crippen molar-refractivity contribution in [3.8, 4) is 0 Å². The molecule has 0 unspecified atom stereocenters. The molecule has 1 atom stereocenters. The molecule has 0 bridgehead atoms. The van der Waals surface area contributed by atoms with Crippen LogP contribution in [0, 0.1) is 12.8 Å². The monoisotopic (exact) mass is 487 g/mol. The van der Waals surface area contributed by atoms with Gasteiger partial charge in [-0.2, -0.15) is 5.21 Å². The Morgan fingerprint density at radius 2 is 1.94 bits per heavy atom. The Morgan fingerprint density at radius 3 is 2.72 bits per heavy atom. The summed E-state index contributed by atoms with van der Waals surface area (Å²) in [5, 5.41) is 22.7. The number of benzene rings is 2. The molecule has 1 aliphatic heterocycles. The molecule has 0 radical (unpaired) electrons. The number of nitrogens with one attached hydrogen (secondary N) is 4. The fraction of sp³-hybridized carbons (Fsp3) is 0.360. The van der Waals surface area contributed by atoms with E-state index in [4.69, 9.17) is 4.99 Å². The van der Waals surface area contributed by atoms with Gasteiger partial charge in [0, 0.05) is 36.1 Å². The van der Waals surface area contributed by atoms with E-state index < -0.39 is 11.7 Å². The maximum Gasteiger partial charge on any atom is 0.321 e. The molecular formula is C25H29N9O2. The standard InChI is InChI=1S/C25H29N9O2/c1-16-12-13-19(14-20(16)28-23-30-32-33-31-23)27-24(36)29-25(18-9-4-3-5-10-18)22(35)34(2)21-11-7-6-8-17(21)15-26-25/h6-8,11-15,18H,3-5,9-10H2,1-2H3,(H2,27,29,36)(H2,28,30,31,32,33)/t25-/m0/s1. The summed E-state index contributed by atoms with van der Waals surface area (Å²) in [6, 6.07) is 12.6. The topological polar surface area (TPSA) is 140 Å². The zero-order chi connectivity index (χ0) is 25.1. The number of aromatic nitrogens is 4. The Balaban J connectivity index is 1.42. The first-order valence-corrected chi connectivity index (χ1v) is 12.1. The van der Waals surface area contributed by atoms with Crippen molar-refractivity contribution in [2.75, 3.05) is 22.6 Å². The number of urea groups is 1. The van der Waals surface area contributed by atoms with Crippen molar-refractivity contribution in [3.63, 3.8) is 0 Å². The van der Waals surface area contributed by atoms with Crippen LogP contribution >= 0.6 is 0 Å². The maximum atomic E-state index is 13.9. The molecule has 1 aromatic heterocycles. The van der Waals surface area contributed by atoms with Crippen LogP contribution in [0.2, 0.25) is 0 Å². The predicted octanol–water partition coefficient (Wildman–Crippen LogP) is 3.75. The van der Waals surface area contributed by atoms with E-state index in [1.807, 2.05) is 37.3 Å². The van der Waals surface area contributed by atoms with Gasteiger partial charge in [-0.25, -0.2) is 4.79 Å². The summed E-state index contributed by atoms with van der Waals surface area (Å²) in [7, 11) is 1.74. The van der Waals surface area contributed by atoms with Crippen molar-refractivity contribution < 1.29 is 9.59 Å². The van der Waals surface area contributed by atoms with E-state index in [9.17, 15) is 9.59 Å². The molecule has 2 aliphatic rings. The minimum atomic E-state index is -1.39. The molecule has 2 heterocycles. The van der Waals surface area contributed by atoms with Gasteiger partial charge in [0.25, 0.3) is 11.9 Å². The summed E-state index contributed by atoms with van der Waals surface area (Å²) in [4.78, 5) is 33.7. The Morgan fingerprint density at radius 1 is 1.14 bits per heavy atom. The first kappa shape index (κ1) is 23.5. The summed E-state index contributed by atoms with van der Waals surface area (Å²) >= 11 is 0. The van der Waals surface area contributed by atoms with Crippen LogP contribution in [0.5, 0.6) is 0 Å². The summed E-state index contributed by atoms with van der Waals surface area (Å²) in [5.41, 5.74) is 2.41. The number of likely N-dealkylation sites (N-methyl/N-ethyl adjacent to an activating group) is 1. The van der Waals surface area contributed by atoms with E-state index in [0.717, 1.165) is 54.6 Å². The summed E-state index contributed by atoms with van der Waals surface area (Å²) < 4.78 is 0. The molecule has 1 aliphatic carbocycles. The molecule has 4 N–H and O–H groups in total. The number of carbonyl (C=O) groups is 2. The minimum absolute atomic E-state index is 0.106. The molecule has 1 fully saturated rings. The number of H-pyrrole nitrogens is 1. The van der Waals surface area contributed by atoms with E-state index in [1.54, 1.807) is 30.3 Å². The van der Waals surface area contributed by atoms with Crippen LogP contribution in [0.3, 0.4) is 0 Å². The van der Waals surface area contributed by atoms with Gasteiger partial charge in [-0.15, -0.1) is 5.10 Å². The van der Waals surface area contributed by atoms with Gasteiger partial charge in [0.15, 0.2) is 0 Å². The first-order chi connectivity index (χ1) is 17.5. The summed E-state index contributed by atoms with van der Waals surface area (Å²) in [6.45, 7) is 1.93. The second-order valence-electron chi connectivity index (χ2n) is 9.25. The first-order valence-electron chi connectivity index (χ1n) is 12.1. The Hall–Kier alpha value is -4.28. The van der Waals surface area contributed by atoms with E-state index in [2.05, 4.69) is 36.6 Å². The summed E-state index contributed by atoms with van der Waals surface area (Å²) in [6.07, 6.45) is 6.46. The molecule has 2 aromatic carbocycles. The van der Waals surface area contributed by atoms with Crippen molar-refractivity contribution in [2.45, 2.75) is 44.7 Å². The van der Waals surface area contributed by atoms with Gasteiger partial charge in [0.1, 0.15) is 0 Å². The molecule has 3 aromatic rings. The lowest BCUT2D eigenvalue weighted by Crippen LogP contribution is -2.63. The number of carbonyl (C=O) groups excluding carboxylic acids is 2. The quantitative estimate of drug-likeness (QED) is 0.432. The predicted molar refractivity (Wildman–Crippen MR) is 138 cm³/mol. The molecule has 186 valence electrons. The second kappa shape index (κ2) is 9.76. The number of tetrazole rings is 1. The molecule has 36 heavy (non-hydrogen) atoms. The number of aliphatic imine (C=N–C) groups is 1. The number of para-hydroxylation sites is 1. The largest absolute Gasteiger partial charge is 0.321 e. The fourth-order valence-electron chi connectivity index (χ4n) is 4.99. The fourth-order valence-corrected chi connectivity index (χ4v) is 4.99. The van der Waals surface area contributed by atoms with Crippen LogP contribution in [0.15, 0.2) is 47.5 Å². The molecule has 3 amide bonds. The molecule has 0 saturated heterocycles. The van der Waals surface area contributed by atoms with Crippen molar-refractivity contribution in [1.82, 2.24) is 25.9 Å². The van der Waals surface area contributed by atoms with E-state index >= 15 is 0 Å². The van der Waals surface area contributed by atoms with Crippen LogP contribution in [0.1, 0.15) is 43.2 Å². The number of rotatable bonds is 5. The van der Waals surface area contributed by atoms with Crippen LogP contribution in [-0.4, -0.2) is 51.5 Å². The lowest BCUT2D eigenvalue weighted by atomic mass is 9.79. The number of fused-ring (bicyclic) bond motifs is 1. The zero-order valence-electron chi connectivity index (χ0n) is 20.3. The number of aryl methyl sites for hydroxylation is 1. The average molecular weight is 488 g/mol. The highest BCUT2D eigenvalue weighted by Gasteiger charge is 2.49. The highest BCUT2D eigenvalue weighted by Crippen LogP contribution is 2.38. The van der Waals surface area contributed by atoms with Gasteiger partial charge in [0.05, 0.1) is 5.69 Å². The molecule has 11 heteroatoms. The van der Waals surface area contributed by atoms with Gasteiger partial charge < -0.3 is 20.9 Å². The maximum absolute atomic E-state index is 13.9. The lowest BCUT2D eigenvalue weighted by Gasteiger charge is -2.40. The number of amides is 3. The van der Waals surface area contributed by atoms with E-state index in [0.29, 0.717) is 11.6 Å². The third-order valence-corrected chi connectivity index (χ3v) is 6.92. The van der Waals surface area contributed by atoms with Gasteiger partial charge in [-0.05, 0) is 48.7 Å². The zero-order valence-corrected chi connectivity index (χ0v) is 20.3. The normalized spacial score (nSPS) is 19.9. The average Bonchev–Trinajstić information content (AvgIpc) is 3.38. The molecule has 1 saturated carbocycles. The Bertz CT molecular complexity index is 1280. The number of hydrogen-bond acceptors (Lipinski definition) is 7. The highest BCUT2D eigenvalue weighted by molar-refractivity contribution is 6.09. The lowest BCUT2D eigenvalue weighted by molar-refractivity contribution is -0.126. The number of anilines is 4. The number of benzodiazepines with no additional fused rings is 1. The smallest absolute Gasteiger partial charge is 0.321 e. The Kier molecular flexibility index (Phi) is 6.36. The number of aromatic amines is 1. The van der Waals surface area contributed by atoms with Crippen molar-refractivity contribution >= 4 is 41.2 Å². The minimum Gasteiger partial charge on any atom is -0.321 e. The second-order valence-corrected chi connectivity index (χ2v) is 9.25. The van der Waals surface area contributed by atoms with Gasteiger partial charge in [0.2, 0.25) is 5.66 Å². The van der Waals surface area contributed by atoms with Crippen LogP contribution in [-0.2, 0) is 4.79 Å². The van der Waals surface area contributed by atoms with Crippen molar-refractivity contribution in [3.05, 3.63) is 53.6 Å². The SMILES string of the molecule is Cc1ccc(NC(=O)N[C@]2(C3CCCCC3)N=Cc3ccccc3N(C)C2=O)cc1Nc1nn[nH]n1. The molecular weight excluding hydrogens is 458 g/mol. The van der Waals surface area contributed by atoms with Gasteiger partial charge in [-0.3, -0.25) is 9.79 Å².